The molecule has 23 heavy (non-hydrogen) atoms. The van der Waals surface area contributed by atoms with Gasteiger partial charge in [0.15, 0.2) is 0 Å². The number of rotatable bonds is 5. The molecule has 1 unspecified atom stereocenters. The minimum atomic E-state index is -4.69. The molecule has 124 valence electrons. The molecule has 0 saturated carbocycles. The maximum absolute atomic E-state index is 12.4. The van der Waals surface area contributed by atoms with Gasteiger partial charge in [-0.25, -0.2) is 0 Å². The van der Waals surface area contributed by atoms with Crippen LogP contribution in [-0.4, -0.2) is 35.8 Å². The van der Waals surface area contributed by atoms with Crippen LogP contribution in [0.4, 0.5) is 13.2 Å². The van der Waals surface area contributed by atoms with Crippen LogP contribution >= 0.6 is 0 Å². The molecule has 0 saturated heterocycles. The maximum Gasteiger partial charge on any atom is 0.471 e. The number of nitrogens with one attached hydrogen (secondary N) is 1. The number of ether oxygens (including phenoxy) is 1. The van der Waals surface area contributed by atoms with Crippen LogP contribution in [0.25, 0.3) is 11.4 Å². The zero-order valence-corrected chi connectivity index (χ0v) is 12.3. The van der Waals surface area contributed by atoms with E-state index in [1.165, 1.54) is 31.4 Å². The van der Waals surface area contributed by atoms with Crippen molar-refractivity contribution in [1.29, 1.82) is 0 Å². The second-order valence-electron chi connectivity index (χ2n) is 4.83. The van der Waals surface area contributed by atoms with Gasteiger partial charge in [0.1, 0.15) is 0 Å². The van der Waals surface area contributed by atoms with Gasteiger partial charge in [0.25, 0.3) is 5.91 Å². The molecule has 1 aromatic carbocycles. The first-order valence-electron chi connectivity index (χ1n) is 6.62. The Hall–Kier alpha value is -2.42. The maximum atomic E-state index is 12.4. The van der Waals surface area contributed by atoms with Crippen molar-refractivity contribution in [2.24, 2.45) is 0 Å². The number of aromatic nitrogens is 2. The first kappa shape index (κ1) is 16.9. The third-order valence-corrected chi connectivity index (χ3v) is 2.87. The molecule has 0 aliphatic carbocycles. The molecule has 9 heteroatoms. The quantitative estimate of drug-likeness (QED) is 0.912. The zero-order chi connectivity index (χ0) is 17.0. The summed E-state index contributed by atoms with van der Waals surface area (Å²) in [5.74, 6) is -1.93. The van der Waals surface area contributed by atoms with Gasteiger partial charge >= 0.3 is 12.1 Å². The average molecular weight is 329 g/mol. The van der Waals surface area contributed by atoms with Gasteiger partial charge in [0, 0.05) is 24.3 Å². The van der Waals surface area contributed by atoms with E-state index in [4.69, 9.17) is 4.74 Å². The Balaban J connectivity index is 2.10. The Morgan fingerprint density at radius 2 is 2.00 bits per heavy atom. The molecule has 1 aromatic heterocycles. The summed E-state index contributed by atoms with van der Waals surface area (Å²) < 4.78 is 46.3. The molecule has 1 atom stereocenters. The predicted molar refractivity (Wildman–Crippen MR) is 73.5 cm³/mol. The summed E-state index contributed by atoms with van der Waals surface area (Å²) in [6.07, 6.45) is -4.69. The fourth-order valence-electron chi connectivity index (χ4n) is 1.83. The van der Waals surface area contributed by atoms with Crippen LogP contribution in [0.5, 0.6) is 0 Å². The minimum absolute atomic E-state index is 0.168. The first-order valence-corrected chi connectivity index (χ1v) is 6.62. The summed E-state index contributed by atoms with van der Waals surface area (Å²) in [5, 5.41) is 5.99. The number of carbonyl (C=O) groups is 1. The smallest absolute Gasteiger partial charge is 0.383 e. The number of carbonyl (C=O) groups excluding carboxylic acids is 1. The SMILES string of the molecule is COCC(C)NC(=O)c1ccc(-c2noc(C(F)(F)F)n2)cc1. The summed E-state index contributed by atoms with van der Waals surface area (Å²) >= 11 is 0. The molecule has 1 amide bonds. The lowest BCUT2D eigenvalue weighted by Gasteiger charge is -2.12. The lowest BCUT2D eigenvalue weighted by Crippen LogP contribution is -2.35. The Labute approximate surface area is 129 Å². The van der Waals surface area contributed by atoms with Crippen LogP contribution in [0.3, 0.4) is 0 Å². The molecule has 6 nitrogen and oxygen atoms in total. The number of benzene rings is 1. The molecule has 0 spiro atoms. The number of halogens is 3. The van der Waals surface area contributed by atoms with Gasteiger partial charge in [0.2, 0.25) is 5.82 Å². The fraction of sp³-hybridized carbons (Fsp3) is 0.357. The van der Waals surface area contributed by atoms with Crippen LogP contribution in [0, 0.1) is 0 Å². The summed E-state index contributed by atoms with van der Waals surface area (Å²) in [5.41, 5.74) is 0.669. The van der Waals surface area contributed by atoms with Crippen LogP contribution < -0.4 is 5.32 Å². The van der Waals surface area contributed by atoms with E-state index in [1.807, 2.05) is 0 Å². The van der Waals surface area contributed by atoms with Crippen molar-refractivity contribution in [2.45, 2.75) is 19.1 Å². The fourth-order valence-corrected chi connectivity index (χ4v) is 1.83. The Morgan fingerprint density at radius 1 is 1.35 bits per heavy atom. The van der Waals surface area contributed by atoms with Crippen LogP contribution in [0.1, 0.15) is 23.2 Å². The molecule has 0 bridgehead atoms. The molecule has 0 aliphatic heterocycles. The molecular formula is C14H14F3N3O3. The van der Waals surface area contributed by atoms with Gasteiger partial charge in [-0.05, 0) is 19.1 Å². The summed E-state index contributed by atoms with van der Waals surface area (Å²) in [6.45, 7) is 2.15. The highest BCUT2D eigenvalue weighted by Gasteiger charge is 2.38. The minimum Gasteiger partial charge on any atom is -0.383 e. The third kappa shape index (κ3) is 4.28. The highest BCUT2D eigenvalue weighted by molar-refractivity contribution is 5.94. The van der Waals surface area contributed by atoms with E-state index in [-0.39, 0.29) is 17.8 Å². The standard InChI is InChI=1S/C14H14F3N3O3/c1-8(7-22-2)18-12(21)10-5-3-9(4-6-10)11-19-13(23-20-11)14(15,16)17/h3-6,8H,7H2,1-2H3,(H,18,21). The Bertz CT molecular complexity index is 668. The van der Waals surface area contributed by atoms with Crippen LogP contribution in [-0.2, 0) is 10.9 Å². The van der Waals surface area contributed by atoms with Crippen molar-refractivity contribution in [2.75, 3.05) is 13.7 Å². The van der Waals surface area contributed by atoms with Crippen molar-refractivity contribution in [1.82, 2.24) is 15.5 Å². The van der Waals surface area contributed by atoms with Gasteiger partial charge in [-0.2, -0.15) is 18.2 Å². The second kappa shape index (κ2) is 6.78. The van der Waals surface area contributed by atoms with Gasteiger partial charge in [0.05, 0.1) is 6.61 Å². The van der Waals surface area contributed by atoms with E-state index in [1.54, 1.807) is 6.92 Å². The molecule has 2 rings (SSSR count). The lowest BCUT2D eigenvalue weighted by molar-refractivity contribution is -0.159. The first-order chi connectivity index (χ1) is 10.8. The third-order valence-electron chi connectivity index (χ3n) is 2.87. The number of alkyl halides is 3. The van der Waals surface area contributed by atoms with Crippen LogP contribution in [0.15, 0.2) is 28.8 Å². The van der Waals surface area contributed by atoms with Gasteiger partial charge < -0.3 is 14.6 Å². The predicted octanol–water partition coefficient (Wildman–Crippen LogP) is 2.52. The molecule has 0 fully saturated rings. The monoisotopic (exact) mass is 329 g/mol. The van der Waals surface area contributed by atoms with E-state index in [0.29, 0.717) is 17.7 Å². The summed E-state index contributed by atoms with van der Waals surface area (Å²) in [7, 11) is 1.53. The van der Waals surface area contributed by atoms with Crippen molar-refractivity contribution in [3.05, 3.63) is 35.7 Å². The lowest BCUT2D eigenvalue weighted by atomic mass is 10.1. The largest absolute Gasteiger partial charge is 0.471 e. The number of methoxy groups -OCH3 is 1. The molecular weight excluding hydrogens is 315 g/mol. The number of hydrogen-bond donors (Lipinski definition) is 1. The average Bonchev–Trinajstić information content (AvgIpc) is 2.97. The zero-order valence-electron chi connectivity index (χ0n) is 12.3. The summed E-state index contributed by atoms with van der Waals surface area (Å²) in [6, 6.07) is 5.66. The second-order valence-corrected chi connectivity index (χ2v) is 4.83. The number of hydrogen-bond acceptors (Lipinski definition) is 5. The topological polar surface area (TPSA) is 77.2 Å². The molecule has 2 aromatic rings. The van der Waals surface area contributed by atoms with E-state index in [0.717, 1.165) is 0 Å². The molecule has 1 heterocycles. The molecule has 0 aliphatic rings. The van der Waals surface area contributed by atoms with Crippen molar-refractivity contribution in [3.63, 3.8) is 0 Å². The van der Waals surface area contributed by atoms with E-state index in [9.17, 15) is 18.0 Å². The Kier molecular flexibility index (Phi) is 4.99. The highest BCUT2D eigenvalue weighted by atomic mass is 19.4. The van der Waals surface area contributed by atoms with Gasteiger partial charge in [-0.1, -0.05) is 17.3 Å². The van der Waals surface area contributed by atoms with Crippen molar-refractivity contribution >= 4 is 5.91 Å². The Morgan fingerprint density at radius 3 is 2.52 bits per heavy atom. The van der Waals surface area contributed by atoms with Gasteiger partial charge in [-0.3, -0.25) is 4.79 Å². The number of nitrogens with zero attached hydrogens (tertiary/aromatic N) is 2. The highest BCUT2D eigenvalue weighted by Crippen LogP contribution is 2.29. The van der Waals surface area contributed by atoms with Crippen LogP contribution in [0.2, 0.25) is 0 Å². The van der Waals surface area contributed by atoms with E-state index < -0.39 is 12.1 Å². The van der Waals surface area contributed by atoms with Crippen molar-refractivity contribution in [3.8, 4) is 11.4 Å². The van der Waals surface area contributed by atoms with Gasteiger partial charge in [-0.15, -0.1) is 0 Å². The normalized spacial score (nSPS) is 12.9. The van der Waals surface area contributed by atoms with Crippen molar-refractivity contribution < 1.29 is 27.2 Å². The number of amides is 1. The molecule has 0 radical (unpaired) electrons. The van der Waals surface area contributed by atoms with E-state index in [2.05, 4.69) is 20.0 Å². The molecule has 1 N–H and O–H groups in total. The van der Waals surface area contributed by atoms with E-state index >= 15 is 0 Å². The summed E-state index contributed by atoms with van der Waals surface area (Å²) in [4.78, 5) is 15.2.